The van der Waals surface area contributed by atoms with Crippen LogP contribution in [0.1, 0.15) is 81.4 Å². The SMILES string of the molecule is CCCCc1nc2c(C)c(-c3ccccc3)c(C)nc2n1CCCN1CCC(c2cccc(NC(=O)C(C)C)c2)CC1. The number of imidazole rings is 1. The number of anilines is 1. The van der Waals surface area contributed by atoms with Gasteiger partial charge in [0.2, 0.25) is 5.91 Å². The highest BCUT2D eigenvalue weighted by atomic mass is 16.1. The Hall–Kier alpha value is -3.51. The number of pyridine rings is 1. The fraction of sp³-hybridized carbons (Fsp3) is 0.472. The molecule has 1 amide bonds. The summed E-state index contributed by atoms with van der Waals surface area (Å²) in [6.07, 6.45) is 6.69. The lowest BCUT2D eigenvalue weighted by atomic mass is 9.89. The van der Waals surface area contributed by atoms with Crippen LogP contribution in [0.25, 0.3) is 22.3 Å². The van der Waals surface area contributed by atoms with E-state index in [2.05, 4.69) is 84.1 Å². The molecule has 6 nitrogen and oxygen atoms in total. The maximum Gasteiger partial charge on any atom is 0.226 e. The van der Waals surface area contributed by atoms with E-state index in [1.165, 1.54) is 28.1 Å². The molecule has 0 bridgehead atoms. The zero-order chi connectivity index (χ0) is 29.6. The van der Waals surface area contributed by atoms with Gasteiger partial charge in [-0.15, -0.1) is 0 Å². The maximum atomic E-state index is 12.2. The van der Waals surface area contributed by atoms with E-state index in [9.17, 15) is 4.79 Å². The van der Waals surface area contributed by atoms with Gasteiger partial charge in [-0.2, -0.15) is 0 Å². The molecule has 0 aliphatic carbocycles. The van der Waals surface area contributed by atoms with Crippen molar-refractivity contribution in [2.24, 2.45) is 5.92 Å². The van der Waals surface area contributed by atoms with Crippen molar-refractivity contribution < 1.29 is 4.79 Å². The molecular formula is C36H47N5O. The number of carbonyl (C=O) groups excluding carboxylic acids is 1. The van der Waals surface area contributed by atoms with Gasteiger partial charge in [0.25, 0.3) is 0 Å². The summed E-state index contributed by atoms with van der Waals surface area (Å²) >= 11 is 0. The van der Waals surface area contributed by atoms with Gasteiger partial charge in [0.15, 0.2) is 5.65 Å². The number of piperidine rings is 1. The van der Waals surface area contributed by atoms with Crippen molar-refractivity contribution in [3.63, 3.8) is 0 Å². The lowest BCUT2D eigenvalue weighted by Gasteiger charge is -2.32. The Balaban J connectivity index is 1.24. The first-order chi connectivity index (χ1) is 20.4. The Morgan fingerprint density at radius 3 is 2.45 bits per heavy atom. The fourth-order valence-electron chi connectivity index (χ4n) is 6.35. The summed E-state index contributed by atoms with van der Waals surface area (Å²) in [6, 6.07) is 19.0. The highest BCUT2D eigenvalue weighted by Crippen LogP contribution is 2.32. The van der Waals surface area contributed by atoms with Gasteiger partial charge in [-0.25, -0.2) is 9.97 Å². The minimum Gasteiger partial charge on any atom is -0.326 e. The summed E-state index contributed by atoms with van der Waals surface area (Å²) < 4.78 is 2.41. The highest BCUT2D eigenvalue weighted by Gasteiger charge is 2.22. The standard InChI is InChI=1S/C36H47N5O/c1-6-7-17-32-39-34-26(4)33(29-13-9-8-10-14-29)27(5)37-35(34)41(32)21-12-20-40-22-18-28(19-23-40)30-15-11-16-31(24-30)38-36(42)25(2)3/h8-11,13-16,24-25,28H,6-7,12,17-23H2,1-5H3,(H,38,42). The summed E-state index contributed by atoms with van der Waals surface area (Å²) in [4.78, 5) is 25.1. The van der Waals surface area contributed by atoms with Gasteiger partial charge in [-0.3, -0.25) is 4.79 Å². The van der Waals surface area contributed by atoms with Gasteiger partial charge in [-0.05, 0) is 93.9 Å². The second kappa shape index (κ2) is 13.6. The molecule has 5 rings (SSSR count). The topological polar surface area (TPSA) is 63.1 Å². The third-order valence-electron chi connectivity index (χ3n) is 8.80. The number of carbonyl (C=O) groups is 1. The largest absolute Gasteiger partial charge is 0.326 e. The number of amides is 1. The highest BCUT2D eigenvalue weighted by molar-refractivity contribution is 5.92. The van der Waals surface area contributed by atoms with Crippen molar-refractivity contribution in [2.75, 3.05) is 25.0 Å². The van der Waals surface area contributed by atoms with Crippen LogP contribution in [-0.2, 0) is 17.8 Å². The summed E-state index contributed by atoms with van der Waals surface area (Å²) in [5.41, 5.74) is 9.08. The predicted molar refractivity (Wildman–Crippen MR) is 174 cm³/mol. The molecule has 0 atom stereocenters. The van der Waals surface area contributed by atoms with Crippen LogP contribution in [0.4, 0.5) is 5.69 Å². The van der Waals surface area contributed by atoms with Gasteiger partial charge in [0.1, 0.15) is 11.3 Å². The summed E-state index contributed by atoms with van der Waals surface area (Å²) in [5, 5.41) is 3.06. The van der Waals surface area contributed by atoms with Crippen LogP contribution in [0.3, 0.4) is 0 Å². The Kier molecular flexibility index (Phi) is 9.73. The van der Waals surface area contributed by atoms with Crippen LogP contribution in [0, 0.1) is 19.8 Å². The minimum atomic E-state index is -0.0180. The molecule has 1 aliphatic rings. The number of unbranched alkanes of at least 4 members (excludes halogenated alkanes) is 1. The van der Waals surface area contributed by atoms with Crippen molar-refractivity contribution in [2.45, 2.75) is 85.6 Å². The Bertz CT molecular complexity index is 1500. The number of likely N-dealkylation sites (tertiary alicyclic amines) is 1. The summed E-state index contributed by atoms with van der Waals surface area (Å²) in [5.74, 6) is 1.78. The van der Waals surface area contributed by atoms with E-state index in [4.69, 9.17) is 9.97 Å². The van der Waals surface area contributed by atoms with Gasteiger partial charge in [0.05, 0.1) is 0 Å². The van der Waals surface area contributed by atoms with E-state index in [0.29, 0.717) is 5.92 Å². The van der Waals surface area contributed by atoms with Crippen LogP contribution in [-0.4, -0.2) is 45.0 Å². The van der Waals surface area contributed by atoms with Crippen LogP contribution in [0.2, 0.25) is 0 Å². The monoisotopic (exact) mass is 565 g/mol. The van der Waals surface area contributed by atoms with E-state index in [0.717, 1.165) is 87.2 Å². The number of aryl methyl sites for hydroxylation is 4. The molecule has 0 spiro atoms. The molecule has 3 heterocycles. The van der Waals surface area contributed by atoms with Crippen molar-refractivity contribution >= 4 is 22.8 Å². The first kappa shape index (κ1) is 30.0. The maximum absolute atomic E-state index is 12.2. The van der Waals surface area contributed by atoms with Crippen molar-refractivity contribution in [1.82, 2.24) is 19.4 Å². The fourth-order valence-corrected chi connectivity index (χ4v) is 6.35. The van der Waals surface area contributed by atoms with Crippen molar-refractivity contribution in [3.05, 3.63) is 77.2 Å². The molecule has 0 radical (unpaired) electrons. The summed E-state index contributed by atoms with van der Waals surface area (Å²) in [6.45, 7) is 14.7. The van der Waals surface area contributed by atoms with Crippen LogP contribution >= 0.6 is 0 Å². The third kappa shape index (κ3) is 6.75. The Morgan fingerprint density at radius 1 is 0.976 bits per heavy atom. The van der Waals surface area contributed by atoms with E-state index in [1.54, 1.807) is 0 Å². The first-order valence-corrected chi connectivity index (χ1v) is 15.9. The van der Waals surface area contributed by atoms with Gasteiger partial charge < -0.3 is 14.8 Å². The normalized spacial score (nSPS) is 14.6. The molecule has 1 saturated heterocycles. The molecule has 6 heteroatoms. The van der Waals surface area contributed by atoms with Gasteiger partial charge >= 0.3 is 0 Å². The van der Waals surface area contributed by atoms with E-state index >= 15 is 0 Å². The number of fused-ring (bicyclic) bond motifs is 1. The molecule has 0 saturated carbocycles. The molecule has 42 heavy (non-hydrogen) atoms. The minimum absolute atomic E-state index is 0.0180. The van der Waals surface area contributed by atoms with Gasteiger partial charge in [0, 0.05) is 35.8 Å². The third-order valence-corrected chi connectivity index (χ3v) is 8.80. The number of aromatic nitrogens is 3. The molecule has 222 valence electrons. The predicted octanol–water partition coefficient (Wildman–Crippen LogP) is 7.92. The smallest absolute Gasteiger partial charge is 0.226 e. The van der Waals surface area contributed by atoms with Crippen LogP contribution in [0.5, 0.6) is 0 Å². The van der Waals surface area contributed by atoms with Crippen molar-refractivity contribution in [3.8, 4) is 11.1 Å². The number of nitrogens with one attached hydrogen (secondary N) is 1. The molecule has 1 N–H and O–H groups in total. The number of rotatable bonds is 11. The van der Waals surface area contributed by atoms with Crippen molar-refractivity contribution in [1.29, 1.82) is 0 Å². The molecule has 1 fully saturated rings. The molecule has 2 aromatic carbocycles. The number of hydrogen-bond acceptors (Lipinski definition) is 4. The number of nitrogens with zero attached hydrogens (tertiary/aromatic N) is 4. The second-order valence-electron chi connectivity index (χ2n) is 12.3. The first-order valence-electron chi connectivity index (χ1n) is 15.9. The van der Waals surface area contributed by atoms with Gasteiger partial charge in [-0.1, -0.05) is 69.7 Å². The number of benzene rings is 2. The van der Waals surface area contributed by atoms with E-state index in [1.807, 2.05) is 19.9 Å². The molecule has 2 aromatic heterocycles. The van der Waals surface area contributed by atoms with Crippen LogP contribution in [0.15, 0.2) is 54.6 Å². The Labute approximate surface area is 251 Å². The number of hydrogen-bond donors (Lipinski definition) is 1. The molecule has 4 aromatic rings. The lowest BCUT2D eigenvalue weighted by molar-refractivity contribution is -0.118. The quantitative estimate of drug-likeness (QED) is 0.201. The van der Waals surface area contributed by atoms with E-state index in [-0.39, 0.29) is 11.8 Å². The average molecular weight is 566 g/mol. The zero-order valence-corrected chi connectivity index (χ0v) is 26.1. The lowest BCUT2D eigenvalue weighted by Crippen LogP contribution is -2.34. The Morgan fingerprint density at radius 2 is 1.74 bits per heavy atom. The van der Waals surface area contributed by atoms with Crippen LogP contribution < -0.4 is 5.32 Å². The second-order valence-corrected chi connectivity index (χ2v) is 12.3. The molecular weight excluding hydrogens is 518 g/mol. The molecule has 0 unspecified atom stereocenters. The summed E-state index contributed by atoms with van der Waals surface area (Å²) in [7, 11) is 0. The molecule has 1 aliphatic heterocycles. The average Bonchev–Trinajstić information content (AvgIpc) is 3.34. The zero-order valence-electron chi connectivity index (χ0n) is 26.1. The van der Waals surface area contributed by atoms with E-state index < -0.39 is 0 Å².